The Bertz CT molecular complexity index is 671. The van der Waals surface area contributed by atoms with Crippen molar-refractivity contribution in [2.75, 3.05) is 37.7 Å². The standard InChI is InChI=1S/C17H20BrN3O4/c1-2-25-17(24)20-9-7-19(8-10-20)14-11-15(22)21(16(14)23)13-5-3-12(18)4-6-13/h3-6,14H,2,7-11H2,1H3/p+1/t14-/m1/s1. The van der Waals surface area contributed by atoms with Crippen molar-refractivity contribution in [3.63, 3.8) is 0 Å². The van der Waals surface area contributed by atoms with Crippen molar-refractivity contribution >= 4 is 39.5 Å². The molecule has 2 aliphatic heterocycles. The van der Waals surface area contributed by atoms with E-state index in [2.05, 4.69) is 15.9 Å². The number of carbonyl (C=O) groups excluding carboxylic acids is 3. The van der Waals surface area contributed by atoms with Gasteiger partial charge in [-0.1, -0.05) is 15.9 Å². The van der Waals surface area contributed by atoms with E-state index in [-0.39, 0.29) is 30.4 Å². The number of quaternary nitrogens is 1. The maximum Gasteiger partial charge on any atom is 0.410 e. The molecule has 1 aromatic rings. The van der Waals surface area contributed by atoms with Crippen LogP contribution in [0.1, 0.15) is 13.3 Å². The van der Waals surface area contributed by atoms with Crippen LogP contribution in [0.15, 0.2) is 28.7 Å². The second-order valence-corrected chi connectivity index (χ2v) is 7.06. The van der Waals surface area contributed by atoms with Gasteiger partial charge in [-0.15, -0.1) is 0 Å². The van der Waals surface area contributed by atoms with Crippen molar-refractivity contribution in [1.29, 1.82) is 0 Å². The predicted molar refractivity (Wildman–Crippen MR) is 94.3 cm³/mol. The minimum atomic E-state index is -0.375. The molecule has 2 saturated heterocycles. The monoisotopic (exact) mass is 410 g/mol. The summed E-state index contributed by atoms with van der Waals surface area (Å²) >= 11 is 3.35. The van der Waals surface area contributed by atoms with Crippen molar-refractivity contribution in [1.82, 2.24) is 4.90 Å². The minimum Gasteiger partial charge on any atom is -0.450 e. The first-order chi connectivity index (χ1) is 12.0. The van der Waals surface area contributed by atoms with Gasteiger partial charge in [0, 0.05) is 4.47 Å². The fourth-order valence-electron chi connectivity index (χ4n) is 3.35. The number of piperazine rings is 1. The maximum absolute atomic E-state index is 12.8. The fourth-order valence-corrected chi connectivity index (χ4v) is 3.62. The third-order valence-electron chi connectivity index (χ3n) is 4.66. The number of hydrogen-bond acceptors (Lipinski definition) is 4. The Morgan fingerprint density at radius 2 is 1.88 bits per heavy atom. The molecule has 3 amide bonds. The second kappa shape index (κ2) is 7.53. The number of halogens is 1. The Balaban J connectivity index is 1.65. The quantitative estimate of drug-likeness (QED) is 0.733. The van der Waals surface area contributed by atoms with E-state index in [4.69, 9.17) is 4.74 Å². The first-order valence-electron chi connectivity index (χ1n) is 8.40. The van der Waals surface area contributed by atoms with Gasteiger partial charge in [0.1, 0.15) is 0 Å². The van der Waals surface area contributed by atoms with E-state index in [1.807, 2.05) is 12.1 Å². The molecule has 1 N–H and O–H groups in total. The molecule has 0 unspecified atom stereocenters. The van der Waals surface area contributed by atoms with Gasteiger partial charge >= 0.3 is 6.09 Å². The van der Waals surface area contributed by atoms with Gasteiger partial charge in [0.05, 0.1) is 44.9 Å². The zero-order valence-electron chi connectivity index (χ0n) is 14.0. The van der Waals surface area contributed by atoms with Crippen molar-refractivity contribution in [2.45, 2.75) is 19.4 Å². The van der Waals surface area contributed by atoms with E-state index < -0.39 is 0 Å². The number of imide groups is 1. The number of nitrogens with one attached hydrogen (secondary N) is 1. The molecule has 0 bridgehead atoms. The smallest absolute Gasteiger partial charge is 0.410 e. The van der Waals surface area contributed by atoms with Crippen LogP contribution >= 0.6 is 15.9 Å². The lowest BCUT2D eigenvalue weighted by Gasteiger charge is -2.33. The molecule has 25 heavy (non-hydrogen) atoms. The number of anilines is 1. The minimum absolute atomic E-state index is 0.160. The molecule has 0 spiro atoms. The van der Waals surface area contributed by atoms with Crippen molar-refractivity contribution in [3.05, 3.63) is 28.7 Å². The highest BCUT2D eigenvalue weighted by Gasteiger charge is 2.46. The van der Waals surface area contributed by atoms with Crippen molar-refractivity contribution in [2.24, 2.45) is 0 Å². The highest BCUT2D eigenvalue weighted by atomic mass is 79.9. The van der Waals surface area contributed by atoms with Crippen LogP contribution in [0.2, 0.25) is 0 Å². The lowest BCUT2D eigenvalue weighted by molar-refractivity contribution is -0.918. The summed E-state index contributed by atoms with van der Waals surface area (Å²) in [6, 6.07) is 6.77. The third-order valence-corrected chi connectivity index (χ3v) is 5.18. The second-order valence-electron chi connectivity index (χ2n) is 6.14. The van der Waals surface area contributed by atoms with Crippen molar-refractivity contribution < 1.29 is 24.0 Å². The van der Waals surface area contributed by atoms with Gasteiger partial charge in [-0.2, -0.15) is 0 Å². The van der Waals surface area contributed by atoms with Gasteiger partial charge in [0.2, 0.25) is 5.91 Å². The molecule has 0 aromatic heterocycles. The maximum atomic E-state index is 12.8. The average molecular weight is 411 g/mol. The molecule has 2 aliphatic rings. The lowest BCUT2D eigenvalue weighted by atomic mass is 10.2. The highest BCUT2D eigenvalue weighted by Crippen LogP contribution is 2.24. The Hall–Kier alpha value is -1.93. The van der Waals surface area contributed by atoms with E-state index in [0.717, 1.165) is 9.37 Å². The first-order valence-corrected chi connectivity index (χ1v) is 9.19. The molecule has 2 heterocycles. The average Bonchev–Trinajstić information content (AvgIpc) is 2.91. The van der Waals surface area contributed by atoms with Crippen molar-refractivity contribution in [3.8, 4) is 0 Å². The predicted octanol–water partition coefficient (Wildman–Crippen LogP) is 0.438. The zero-order valence-corrected chi connectivity index (χ0v) is 15.6. The number of amides is 3. The van der Waals surface area contributed by atoms with Gasteiger partial charge in [-0.05, 0) is 31.2 Å². The van der Waals surface area contributed by atoms with E-state index in [1.54, 1.807) is 24.0 Å². The summed E-state index contributed by atoms with van der Waals surface area (Å²) in [4.78, 5) is 40.9. The Morgan fingerprint density at radius 3 is 2.48 bits per heavy atom. The molecule has 7 nitrogen and oxygen atoms in total. The molecular weight excluding hydrogens is 390 g/mol. The fraction of sp³-hybridized carbons (Fsp3) is 0.471. The molecule has 1 aromatic carbocycles. The van der Waals surface area contributed by atoms with Crippen LogP contribution in [-0.4, -0.2) is 61.6 Å². The normalized spacial score (nSPS) is 21.8. The van der Waals surface area contributed by atoms with Crippen LogP contribution < -0.4 is 9.80 Å². The Kier molecular flexibility index (Phi) is 5.39. The Labute approximate surface area is 154 Å². The molecule has 1 atom stereocenters. The molecule has 2 fully saturated rings. The highest BCUT2D eigenvalue weighted by molar-refractivity contribution is 9.10. The summed E-state index contributed by atoms with van der Waals surface area (Å²) in [5, 5.41) is 0. The van der Waals surface area contributed by atoms with Gasteiger partial charge in [0.15, 0.2) is 6.04 Å². The van der Waals surface area contributed by atoms with Crippen LogP contribution in [0.3, 0.4) is 0 Å². The van der Waals surface area contributed by atoms with Crippen LogP contribution in [0.5, 0.6) is 0 Å². The molecule has 134 valence electrons. The number of carbonyl (C=O) groups is 3. The zero-order chi connectivity index (χ0) is 18.0. The van der Waals surface area contributed by atoms with E-state index >= 15 is 0 Å². The van der Waals surface area contributed by atoms with E-state index in [1.165, 1.54) is 4.90 Å². The number of rotatable bonds is 3. The summed E-state index contributed by atoms with van der Waals surface area (Å²) in [7, 11) is 0. The first kappa shape index (κ1) is 17.9. The van der Waals surface area contributed by atoms with Crippen LogP contribution in [0.25, 0.3) is 0 Å². The number of benzene rings is 1. The third kappa shape index (κ3) is 3.69. The van der Waals surface area contributed by atoms with Crippen LogP contribution in [0, 0.1) is 0 Å². The van der Waals surface area contributed by atoms with E-state index in [9.17, 15) is 14.4 Å². The topological polar surface area (TPSA) is 71.4 Å². The van der Waals surface area contributed by atoms with Crippen LogP contribution in [0.4, 0.5) is 10.5 Å². The number of nitrogens with zero attached hydrogens (tertiary/aromatic N) is 2. The molecule has 8 heteroatoms. The molecular formula is C17H21BrN3O4+. The summed E-state index contributed by atoms with van der Waals surface area (Å²) in [5.41, 5.74) is 0.602. The summed E-state index contributed by atoms with van der Waals surface area (Å²) in [5.74, 6) is -0.329. The van der Waals surface area contributed by atoms with Gasteiger partial charge in [0.25, 0.3) is 5.91 Å². The summed E-state index contributed by atoms with van der Waals surface area (Å²) < 4.78 is 5.91. The van der Waals surface area contributed by atoms with Gasteiger partial charge < -0.3 is 9.64 Å². The number of ether oxygens (including phenoxy) is 1. The summed E-state index contributed by atoms with van der Waals surface area (Å²) in [6.45, 7) is 4.46. The molecule has 0 saturated carbocycles. The summed E-state index contributed by atoms with van der Waals surface area (Å²) in [6.07, 6.45) is -0.101. The number of hydrogen-bond donors (Lipinski definition) is 1. The Morgan fingerprint density at radius 1 is 1.24 bits per heavy atom. The van der Waals surface area contributed by atoms with E-state index in [0.29, 0.717) is 38.5 Å². The SMILES string of the molecule is CCOC(=O)N1CC[NH+]([C@@H]2CC(=O)N(c3ccc(Br)cc3)C2=O)CC1. The van der Waals surface area contributed by atoms with Gasteiger partial charge in [-0.3, -0.25) is 14.5 Å². The molecule has 0 aliphatic carbocycles. The van der Waals surface area contributed by atoms with Crippen LogP contribution in [-0.2, 0) is 14.3 Å². The largest absolute Gasteiger partial charge is 0.450 e. The molecule has 3 rings (SSSR count). The molecule has 0 radical (unpaired) electrons. The lowest BCUT2D eigenvalue weighted by Crippen LogP contribution is -3.19. The van der Waals surface area contributed by atoms with Gasteiger partial charge in [-0.25, -0.2) is 9.69 Å².